The van der Waals surface area contributed by atoms with Gasteiger partial charge in [0.1, 0.15) is 11.4 Å². The molecular formula is C16H20F3NO2. The van der Waals surface area contributed by atoms with Crippen molar-refractivity contribution in [2.24, 2.45) is 0 Å². The Bertz CT molecular complexity index is 579. The number of ether oxygens (including phenoxy) is 1. The quantitative estimate of drug-likeness (QED) is 0.896. The Kier molecular flexibility index (Phi) is 4.54. The Balaban J connectivity index is 2.38. The van der Waals surface area contributed by atoms with E-state index >= 15 is 0 Å². The third-order valence-corrected chi connectivity index (χ3v) is 3.46. The molecule has 0 saturated heterocycles. The lowest BCUT2D eigenvalue weighted by atomic mass is 9.93. The van der Waals surface area contributed by atoms with Gasteiger partial charge in [0.2, 0.25) is 0 Å². The molecule has 0 radical (unpaired) electrons. The summed E-state index contributed by atoms with van der Waals surface area (Å²) in [5.74, 6) is 0.439. The first kappa shape index (κ1) is 16.8. The molecule has 1 heterocycles. The van der Waals surface area contributed by atoms with Gasteiger partial charge in [0.05, 0.1) is 12.2 Å². The molecule has 0 fully saturated rings. The zero-order chi connectivity index (χ0) is 16.5. The number of aliphatic hydroxyl groups is 1. The van der Waals surface area contributed by atoms with Gasteiger partial charge in [-0.1, -0.05) is 0 Å². The van der Waals surface area contributed by atoms with E-state index in [2.05, 4.69) is 5.32 Å². The Morgan fingerprint density at radius 1 is 1.32 bits per heavy atom. The van der Waals surface area contributed by atoms with Crippen LogP contribution >= 0.6 is 0 Å². The second kappa shape index (κ2) is 5.93. The summed E-state index contributed by atoms with van der Waals surface area (Å²) >= 11 is 0. The molecule has 2 N–H and O–H groups in total. The standard InChI is InChI=1S/C16H20F3NO2/c1-10(9-21)20-8-11-7-15(2,3)22-14-5-4-12(6-13(11)14)16(17,18)19/h4-7,10,20-21H,8-9H2,1-3H3. The van der Waals surface area contributed by atoms with Gasteiger partial charge in [-0.3, -0.25) is 0 Å². The summed E-state index contributed by atoms with van der Waals surface area (Å²) in [5.41, 5.74) is -0.119. The van der Waals surface area contributed by atoms with Crippen LogP contribution in [-0.2, 0) is 6.18 Å². The molecule has 2 rings (SSSR count). The lowest BCUT2D eigenvalue weighted by Crippen LogP contribution is -2.34. The van der Waals surface area contributed by atoms with Gasteiger partial charge in [-0.25, -0.2) is 0 Å². The fourth-order valence-electron chi connectivity index (χ4n) is 2.35. The van der Waals surface area contributed by atoms with Crippen LogP contribution in [0.4, 0.5) is 13.2 Å². The molecule has 0 saturated carbocycles. The topological polar surface area (TPSA) is 41.5 Å². The molecule has 122 valence electrons. The minimum absolute atomic E-state index is 0.0391. The number of alkyl halides is 3. The van der Waals surface area contributed by atoms with Gasteiger partial charge in [-0.15, -0.1) is 0 Å². The minimum Gasteiger partial charge on any atom is -0.483 e. The average Bonchev–Trinajstić information content (AvgIpc) is 2.41. The van der Waals surface area contributed by atoms with Crippen molar-refractivity contribution in [2.75, 3.05) is 13.2 Å². The van der Waals surface area contributed by atoms with Gasteiger partial charge in [0.15, 0.2) is 0 Å². The van der Waals surface area contributed by atoms with E-state index in [4.69, 9.17) is 9.84 Å². The fourth-order valence-corrected chi connectivity index (χ4v) is 2.35. The van der Waals surface area contributed by atoms with Gasteiger partial charge < -0.3 is 15.2 Å². The molecule has 1 aromatic rings. The molecule has 1 aromatic carbocycles. The van der Waals surface area contributed by atoms with Gasteiger partial charge in [-0.05, 0) is 50.6 Å². The maximum atomic E-state index is 12.9. The van der Waals surface area contributed by atoms with Crippen LogP contribution < -0.4 is 10.1 Å². The van der Waals surface area contributed by atoms with Crippen LogP contribution in [0.3, 0.4) is 0 Å². The number of nitrogens with one attached hydrogen (secondary N) is 1. The summed E-state index contributed by atoms with van der Waals surface area (Å²) in [7, 11) is 0. The SMILES string of the molecule is CC(CO)NCC1=CC(C)(C)Oc2ccc(C(F)(F)F)cc21. The van der Waals surface area contributed by atoms with Gasteiger partial charge in [0, 0.05) is 18.2 Å². The van der Waals surface area contributed by atoms with Crippen LogP contribution in [0.25, 0.3) is 5.57 Å². The molecule has 3 nitrogen and oxygen atoms in total. The van der Waals surface area contributed by atoms with Crippen molar-refractivity contribution in [3.63, 3.8) is 0 Å². The average molecular weight is 315 g/mol. The lowest BCUT2D eigenvalue weighted by molar-refractivity contribution is -0.137. The van der Waals surface area contributed by atoms with Crippen molar-refractivity contribution in [3.05, 3.63) is 35.4 Å². The predicted molar refractivity (Wildman–Crippen MR) is 78.7 cm³/mol. The number of fused-ring (bicyclic) bond motifs is 1. The first-order chi connectivity index (χ1) is 10.1. The highest BCUT2D eigenvalue weighted by atomic mass is 19.4. The Labute approximate surface area is 127 Å². The highest BCUT2D eigenvalue weighted by Gasteiger charge is 2.33. The van der Waals surface area contributed by atoms with E-state index in [0.29, 0.717) is 17.9 Å². The maximum absolute atomic E-state index is 12.9. The monoisotopic (exact) mass is 315 g/mol. The number of rotatable bonds is 4. The van der Waals surface area contributed by atoms with E-state index in [9.17, 15) is 13.2 Å². The summed E-state index contributed by atoms with van der Waals surface area (Å²) < 4.78 is 44.4. The normalized spacial score (nSPS) is 18.2. The molecule has 22 heavy (non-hydrogen) atoms. The van der Waals surface area contributed by atoms with Crippen LogP contribution in [0.1, 0.15) is 31.9 Å². The summed E-state index contributed by atoms with van der Waals surface area (Å²) in [6, 6.07) is 3.37. The fraction of sp³-hybridized carbons (Fsp3) is 0.500. The van der Waals surface area contributed by atoms with Gasteiger partial charge >= 0.3 is 6.18 Å². The zero-order valence-electron chi connectivity index (χ0n) is 12.8. The highest BCUT2D eigenvalue weighted by Crippen LogP contribution is 2.39. The van der Waals surface area contributed by atoms with Crippen LogP contribution in [0.5, 0.6) is 5.75 Å². The maximum Gasteiger partial charge on any atom is 0.416 e. The second-order valence-electron chi connectivity index (χ2n) is 6.05. The Morgan fingerprint density at radius 3 is 2.59 bits per heavy atom. The summed E-state index contributed by atoms with van der Waals surface area (Å²) in [6.45, 7) is 5.83. The van der Waals surface area contributed by atoms with Crippen molar-refractivity contribution in [2.45, 2.75) is 38.6 Å². The Hall–Kier alpha value is -1.53. The molecule has 0 amide bonds. The summed E-state index contributed by atoms with van der Waals surface area (Å²) in [6.07, 6.45) is -2.58. The number of aliphatic hydroxyl groups excluding tert-OH is 1. The predicted octanol–water partition coefficient (Wildman–Crippen LogP) is 3.23. The van der Waals surface area contributed by atoms with Crippen molar-refractivity contribution < 1.29 is 23.0 Å². The molecule has 6 heteroatoms. The van der Waals surface area contributed by atoms with Crippen molar-refractivity contribution in [3.8, 4) is 5.75 Å². The smallest absolute Gasteiger partial charge is 0.416 e. The Morgan fingerprint density at radius 2 is 2.00 bits per heavy atom. The summed E-state index contributed by atoms with van der Waals surface area (Å²) in [5, 5.41) is 12.1. The molecule has 1 unspecified atom stereocenters. The highest BCUT2D eigenvalue weighted by molar-refractivity contribution is 5.75. The van der Waals surface area contributed by atoms with Crippen LogP contribution in [0, 0.1) is 0 Å². The number of halogens is 3. The largest absolute Gasteiger partial charge is 0.483 e. The molecule has 1 aliphatic rings. The minimum atomic E-state index is -4.39. The van der Waals surface area contributed by atoms with Crippen LogP contribution in [-0.4, -0.2) is 29.9 Å². The van der Waals surface area contributed by atoms with Crippen molar-refractivity contribution in [1.82, 2.24) is 5.32 Å². The molecule has 0 spiro atoms. The third-order valence-electron chi connectivity index (χ3n) is 3.46. The number of benzene rings is 1. The van der Waals surface area contributed by atoms with Gasteiger partial charge in [-0.2, -0.15) is 13.2 Å². The molecule has 1 aliphatic heterocycles. The summed E-state index contributed by atoms with van der Waals surface area (Å²) in [4.78, 5) is 0. The van der Waals surface area contributed by atoms with E-state index in [1.807, 2.05) is 19.9 Å². The third kappa shape index (κ3) is 3.81. The lowest BCUT2D eigenvalue weighted by Gasteiger charge is -2.32. The molecule has 0 aromatic heterocycles. The van der Waals surface area contributed by atoms with Crippen molar-refractivity contribution >= 4 is 5.57 Å². The number of hydrogen-bond acceptors (Lipinski definition) is 3. The van der Waals surface area contributed by atoms with E-state index in [1.54, 1.807) is 6.92 Å². The zero-order valence-corrected chi connectivity index (χ0v) is 12.8. The molecule has 0 bridgehead atoms. The van der Waals surface area contributed by atoms with Crippen molar-refractivity contribution in [1.29, 1.82) is 0 Å². The van der Waals surface area contributed by atoms with Gasteiger partial charge in [0.25, 0.3) is 0 Å². The van der Waals surface area contributed by atoms with Crippen LogP contribution in [0.2, 0.25) is 0 Å². The first-order valence-corrected chi connectivity index (χ1v) is 7.09. The van der Waals surface area contributed by atoms with E-state index < -0.39 is 17.3 Å². The van der Waals surface area contributed by atoms with E-state index in [1.165, 1.54) is 6.07 Å². The second-order valence-corrected chi connectivity index (χ2v) is 6.05. The first-order valence-electron chi connectivity index (χ1n) is 7.09. The molecule has 0 aliphatic carbocycles. The molecule has 1 atom stereocenters. The van der Waals surface area contributed by atoms with Crippen LogP contribution in [0.15, 0.2) is 24.3 Å². The molecular weight excluding hydrogens is 295 g/mol. The number of hydrogen-bond donors (Lipinski definition) is 2. The van der Waals surface area contributed by atoms with E-state index in [0.717, 1.165) is 17.7 Å². The van der Waals surface area contributed by atoms with E-state index in [-0.39, 0.29) is 12.6 Å².